The maximum atomic E-state index is 10.3. The van der Waals surface area contributed by atoms with Gasteiger partial charge in [-0.3, -0.25) is 4.90 Å². The van der Waals surface area contributed by atoms with E-state index in [2.05, 4.69) is 58.0 Å². The van der Waals surface area contributed by atoms with Crippen molar-refractivity contribution in [2.75, 3.05) is 26.2 Å². The zero-order chi connectivity index (χ0) is 15.0. The van der Waals surface area contributed by atoms with Crippen LogP contribution in [0.1, 0.15) is 30.9 Å². The summed E-state index contributed by atoms with van der Waals surface area (Å²) in [5.41, 5.74) is 1.20. The largest absolute Gasteiger partial charge is 0.506 e. The van der Waals surface area contributed by atoms with Gasteiger partial charge in [-0.2, -0.15) is 0 Å². The third-order valence-electron chi connectivity index (χ3n) is 4.62. The quantitative estimate of drug-likeness (QED) is 0.533. The number of phenolic OH excluding ortho intramolecular Hbond substituents is 1. The van der Waals surface area contributed by atoms with E-state index in [9.17, 15) is 5.11 Å². The van der Waals surface area contributed by atoms with Gasteiger partial charge in [-0.15, -0.1) is 24.8 Å². The molecule has 8 heteroatoms. The van der Waals surface area contributed by atoms with Gasteiger partial charge in [0.1, 0.15) is 5.75 Å². The van der Waals surface area contributed by atoms with E-state index >= 15 is 0 Å². The molecule has 1 saturated carbocycles. The standard InChI is InChI=1S/C15H19Br3N2O.2ClH/c16-10-8-11(17)15(21)13(18)12(10)14(9-2-1-3-9)20-6-4-19-5-7-20;;/h8-9,14,19,21H,1-7H2;2*1H/t14-;;/m0../s1. The fourth-order valence-electron chi connectivity index (χ4n) is 3.30. The third kappa shape index (κ3) is 4.57. The van der Waals surface area contributed by atoms with Crippen molar-refractivity contribution >= 4 is 72.6 Å². The van der Waals surface area contributed by atoms with E-state index in [0.29, 0.717) is 17.7 Å². The molecule has 0 amide bonds. The molecule has 2 N–H and O–H groups in total. The normalized spacial score (nSPS) is 20.1. The Morgan fingerprint density at radius 1 is 1.09 bits per heavy atom. The van der Waals surface area contributed by atoms with E-state index in [0.717, 1.165) is 39.6 Å². The van der Waals surface area contributed by atoms with Gasteiger partial charge in [0.2, 0.25) is 0 Å². The van der Waals surface area contributed by atoms with Crippen LogP contribution in [0.5, 0.6) is 5.75 Å². The Morgan fingerprint density at radius 3 is 2.22 bits per heavy atom. The zero-order valence-electron chi connectivity index (χ0n) is 12.5. The van der Waals surface area contributed by atoms with Gasteiger partial charge in [0.15, 0.2) is 0 Å². The number of nitrogens with zero attached hydrogens (tertiary/aromatic N) is 1. The Morgan fingerprint density at radius 2 is 1.70 bits per heavy atom. The molecule has 1 heterocycles. The fraction of sp³-hybridized carbons (Fsp3) is 0.600. The van der Waals surface area contributed by atoms with Crippen LogP contribution >= 0.6 is 72.6 Å². The average Bonchev–Trinajstić information content (AvgIpc) is 2.43. The molecule has 1 aliphatic heterocycles. The lowest BCUT2D eigenvalue weighted by molar-refractivity contribution is 0.0826. The SMILES string of the molecule is Cl.Cl.Oc1c(Br)cc(Br)c([C@H](C2CCC2)N2CCNCC2)c1Br. The first-order valence-corrected chi connectivity index (χ1v) is 9.78. The summed E-state index contributed by atoms with van der Waals surface area (Å²) in [7, 11) is 0. The van der Waals surface area contributed by atoms with Crippen LogP contribution in [0.3, 0.4) is 0 Å². The Bertz CT molecular complexity index is 538. The molecule has 0 aromatic heterocycles. The summed E-state index contributed by atoms with van der Waals surface area (Å²) in [5, 5.41) is 13.7. The number of piperazine rings is 1. The molecule has 2 aliphatic rings. The van der Waals surface area contributed by atoms with Crippen LogP contribution in [0.15, 0.2) is 19.5 Å². The van der Waals surface area contributed by atoms with Gasteiger partial charge >= 0.3 is 0 Å². The molecule has 0 spiro atoms. The van der Waals surface area contributed by atoms with Gasteiger partial charge in [-0.1, -0.05) is 22.4 Å². The molecule has 3 nitrogen and oxygen atoms in total. The lowest BCUT2D eigenvalue weighted by Crippen LogP contribution is -2.48. The fourth-order valence-corrected chi connectivity index (χ4v) is 5.89. The summed E-state index contributed by atoms with van der Waals surface area (Å²) < 4.78 is 2.60. The molecule has 23 heavy (non-hydrogen) atoms. The highest BCUT2D eigenvalue weighted by Gasteiger charge is 2.36. The van der Waals surface area contributed by atoms with E-state index in [4.69, 9.17) is 0 Å². The summed E-state index contributed by atoms with van der Waals surface area (Å²) in [4.78, 5) is 2.57. The predicted molar refractivity (Wildman–Crippen MR) is 110 cm³/mol. The van der Waals surface area contributed by atoms with Gasteiger partial charge in [0.25, 0.3) is 0 Å². The average molecular weight is 556 g/mol. The van der Waals surface area contributed by atoms with E-state index in [-0.39, 0.29) is 24.8 Å². The maximum absolute atomic E-state index is 10.3. The first kappa shape index (κ1) is 22.0. The molecule has 1 aromatic rings. The second kappa shape index (κ2) is 9.60. The van der Waals surface area contributed by atoms with Crippen molar-refractivity contribution in [3.63, 3.8) is 0 Å². The Balaban J connectivity index is 0.00000132. The summed E-state index contributed by atoms with van der Waals surface area (Å²) in [6, 6.07) is 2.34. The molecule has 132 valence electrons. The number of hydrogen-bond acceptors (Lipinski definition) is 3. The molecule has 0 bridgehead atoms. The predicted octanol–water partition coefficient (Wildman–Crippen LogP) is 5.27. The molecule has 0 unspecified atom stereocenters. The number of hydrogen-bond donors (Lipinski definition) is 2. The van der Waals surface area contributed by atoms with Gasteiger partial charge < -0.3 is 10.4 Å². The topological polar surface area (TPSA) is 35.5 Å². The molecular weight excluding hydrogens is 535 g/mol. The first-order chi connectivity index (χ1) is 10.1. The Labute approximate surface area is 175 Å². The van der Waals surface area contributed by atoms with Gasteiger partial charge in [0, 0.05) is 42.3 Å². The number of phenols is 1. The van der Waals surface area contributed by atoms with Crippen molar-refractivity contribution in [3.8, 4) is 5.75 Å². The molecule has 1 saturated heterocycles. The van der Waals surface area contributed by atoms with E-state index in [1.165, 1.54) is 24.8 Å². The van der Waals surface area contributed by atoms with Crippen molar-refractivity contribution in [2.45, 2.75) is 25.3 Å². The number of benzene rings is 1. The second-order valence-corrected chi connectivity index (χ2v) is 8.34. The van der Waals surface area contributed by atoms with E-state index in [1.54, 1.807) is 0 Å². The summed E-state index contributed by atoms with van der Waals surface area (Å²) in [6.45, 7) is 4.22. The number of halogens is 5. The third-order valence-corrected chi connectivity index (χ3v) is 6.68. The van der Waals surface area contributed by atoms with Crippen molar-refractivity contribution in [1.82, 2.24) is 10.2 Å². The van der Waals surface area contributed by atoms with Crippen LogP contribution in [0, 0.1) is 5.92 Å². The Kier molecular flexibility index (Phi) is 9.18. The molecule has 1 aliphatic carbocycles. The molecule has 0 radical (unpaired) electrons. The van der Waals surface area contributed by atoms with Crippen molar-refractivity contribution < 1.29 is 5.11 Å². The van der Waals surface area contributed by atoms with E-state index < -0.39 is 0 Å². The molecule has 1 aromatic carbocycles. The summed E-state index contributed by atoms with van der Waals surface area (Å²) in [5.74, 6) is 0.990. The highest BCUT2D eigenvalue weighted by atomic mass is 79.9. The monoisotopic (exact) mass is 552 g/mol. The van der Waals surface area contributed by atoms with Crippen molar-refractivity contribution in [1.29, 1.82) is 0 Å². The number of aromatic hydroxyl groups is 1. The summed E-state index contributed by atoms with van der Waals surface area (Å²) >= 11 is 10.7. The Hall–Kier alpha value is 0.960. The van der Waals surface area contributed by atoms with Gasteiger partial charge in [-0.25, -0.2) is 0 Å². The lowest BCUT2D eigenvalue weighted by Gasteiger charge is -2.44. The first-order valence-electron chi connectivity index (χ1n) is 7.40. The summed E-state index contributed by atoms with van der Waals surface area (Å²) in [6.07, 6.45) is 3.89. The van der Waals surface area contributed by atoms with Crippen LogP contribution in [-0.2, 0) is 0 Å². The lowest BCUT2D eigenvalue weighted by atomic mass is 9.76. The van der Waals surface area contributed by atoms with Gasteiger partial charge in [-0.05, 0) is 56.7 Å². The minimum atomic E-state index is 0. The maximum Gasteiger partial charge on any atom is 0.144 e. The minimum absolute atomic E-state index is 0. The minimum Gasteiger partial charge on any atom is -0.506 e. The second-order valence-electron chi connectivity index (χ2n) is 5.84. The van der Waals surface area contributed by atoms with Crippen LogP contribution in [0.25, 0.3) is 0 Å². The molecule has 1 atom stereocenters. The number of rotatable bonds is 3. The van der Waals surface area contributed by atoms with Crippen LogP contribution in [0.2, 0.25) is 0 Å². The van der Waals surface area contributed by atoms with Crippen molar-refractivity contribution in [3.05, 3.63) is 25.0 Å². The zero-order valence-corrected chi connectivity index (χ0v) is 18.9. The van der Waals surface area contributed by atoms with Crippen LogP contribution in [-0.4, -0.2) is 36.2 Å². The van der Waals surface area contributed by atoms with E-state index in [1.807, 2.05) is 6.07 Å². The molecule has 2 fully saturated rings. The number of nitrogens with one attached hydrogen (secondary N) is 1. The highest BCUT2D eigenvalue weighted by molar-refractivity contribution is 9.11. The van der Waals surface area contributed by atoms with Gasteiger partial charge in [0.05, 0.1) is 8.95 Å². The smallest absolute Gasteiger partial charge is 0.144 e. The molecular formula is C15H21Br3Cl2N2O. The highest BCUT2D eigenvalue weighted by Crippen LogP contribution is 2.49. The van der Waals surface area contributed by atoms with Crippen molar-refractivity contribution in [2.24, 2.45) is 5.92 Å². The van der Waals surface area contributed by atoms with Crippen LogP contribution in [0.4, 0.5) is 0 Å². The molecule has 3 rings (SSSR count). The van der Waals surface area contributed by atoms with Crippen LogP contribution < -0.4 is 5.32 Å².